The highest BCUT2D eigenvalue weighted by molar-refractivity contribution is 7.89. The van der Waals surface area contributed by atoms with Crippen LogP contribution in [0.3, 0.4) is 0 Å². The maximum absolute atomic E-state index is 12.9. The van der Waals surface area contributed by atoms with Gasteiger partial charge in [0.2, 0.25) is 15.9 Å². The molecule has 6 nitrogen and oxygen atoms in total. The Kier molecular flexibility index (Phi) is 6.83. The molecular formula is C23H30N2O4S. The van der Waals surface area contributed by atoms with Crippen molar-refractivity contribution >= 4 is 21.6 Å². The summed E-state index contributed by atoms with van der Waals surface area (Å²) in [4.78, 5) is 12.0. The number of amides is 1. The van der Waals surface area contributed by atoms with Crippen LogP contribution in [-0.4, -0.2) is 28.0 Å². The van der Waals surface area contributed by atoms with Gasteiger partial charge in [-0.05, 0) is 54.8 Å². The van der Waals surface area contributed by atoms with Gasteiger partial charge >= 0.3 is 0 Å². The average Bonchev–Trinajstić information content (AvgIpc) is 3.23. The molecule has 0 aliphatic heterocycles. The molecule has 1 aliphatic carbocycles. The third-order valence-electron chi connectivity index (χ3n) is 5.82. The summed E-state index contributed by atoms with van der Waals surface area (Å²) in [6.07, 6.45) is 4.06. The van der Waals surface area contributed by atoms with Gasteiger partial charge in [0.1, 0.15) is 5.75 Å². The van der Waals surface area contributed by atoms with E-state index in [-0.39, 0.29) is 22.1 Å². The number of benzene rings is 2. The molecule has 2 N–H and O–H groups in total. The Balaban J connectivity index is 1.73. The van der Waals surface area contributed by atoms with E-state index in [1.54, 1.807) is 33.1 Å². The zero-order valence-electron chi connectivity index (χ0n) is 17.8. The van der Waals surface area contributed by atoms with Crippen LogP contribution in [0.25, 0.3) is 0 Å². The Bertz CT molecular complexity index is 961. The summed E-state index contributed by atoms with van der Waals surface area (Å²) in [6, 6.07) is 14.2. The van der Waals surface area contributed by atoms with E-state index < -0.39 is 10.0 Å². The van der Waals surface area contributed by atoms with Crippen LogP contribution in [0, 0.1) is 5.92 Å². The number of hydrogen-bond acceptors (Lipinski definition) is 4. The topological polar surface area (TPSA) is 84.5 Å². The molecule has 1 aliphatic rings. The van der Waals surface area contributed by atoms with E-state index in [2.05, 4.69) is 10.0 Å². The van der Waals surface area contributed by atoms with Gasteiger partial charge in [-0.1, -0.05) is 38.8 Å². The molecule has 3 rings (SSSR count). The number of nitrogens with one attached hydrogen (secondary N) is 2. The van der Waals surface area contributed by atoms with Gasteiger partial charge in [-0.2, -0.15) is 0 Å². The molecule has 30 heavy (non-hydrogen) atoms. The fourth-order valence-corrected chi connectivity index (χ4v) is 5.01. The molecule has 7 heteroatoms. The summed E-state index contributed by atoms with van der Waals surface area (Å²) < 4.78 is 33.8. The SMILES string of the molecule is COc1ccc(C2(CNS(=O)(=O)c3ccc(NC(=O)C(C)C)cc3)CCCC2)cc1. The highest BCUT2D eigenvalue weighted by Gasteiger charge is 2.36. The molecule has 0 bridgehead atoms. The average molecular weight is 431 g/mol. The molecule has 2 aromatic rings. The summed E-state index contributed by atoms with van der Waals surface area (Å²) >= 11 is 0. The van der Waals surface area contributed by atoms with Gasteiger partial charge in [0.15, 0.2) is 0 Å². The lowest BCUT2D eigenvalue weighted by atomic mass is 9.79. The van der Waals surface area contributed by atoms with Crippen molar-refractivity contribution in [1.29, 1.82) is 0 Å². The fraction of sp³-hybridized carbons (Fsp3) is 0.435. The van der Waals surface area contributed by atoms with E-state index in [4.69, 9.17) is 4.74 Å². The Labute approximate surface area is 179 Å². The van der Waals surface area contributed by atoms with Crippen molar-refractivity contribution in [3.05, 3.63) is 54.1 Å². The quantitative estimate of drug-likeness (QED) is 0.661. The van der Waals surface area contributed by atoms with Crippen LogP contribution >= 0.6 is 0 Å². The lowest BCUT2D eigenvalue weighted by Gasteiger charge is -2.30. The van der Waals surface area contributed by atoms with E-state index in [0.717, 1.165) is 37.0 Å². The third-order valence-corrected chi connectivity index (χ3v) is 7.24. The molecular weight excluding hydrogens is 400 g/mol. The minimum absolute atomic E-state index is 0.105. The van der Waals surface area contributed by atoms with Crippen molar-refractivity contribution in [3.63, 3.8) is 0 Å². The number of rotatable bonds is 8. The summed E-state index contributed by atoms with van der Waals surface area (Å²) in [7, 11) is -2.02. The molecule has 0 unspecified atom stereocenters. The largest absolute Gasteiger partial charge is 0.497 e. The minimum atomic E-state index is -3.66. The smallest absolute Gasteiger partial charge is 0.240 e. The van der Waals surface area contributed by atoms with Gasteiger partial charge in [-0.25, -0.2) is 13.1 Å². The molecule has 1 saturated carbocycles. The highest BCUT2D eigenvalue weighted by atomic mass is 32.2. The van der Waals surface area contributed by atoms with Crippen LogP contribution in [0.15, 0.2) is 53.4 Å². The molecule has 1 amide bonds. The van der Waals surface area contributed by atoms with Gasteiger partial charge in [0.25, 0.3) is 0 Å². The van der Waals surface area contributed by atoms with Crippen molar-refractivity contribution in [1.82, 2.24) is 4.72 Å². The third kappa shape index (κ3) is 5.02. The number of carbonyl (C=O) groups is 1. The predicted molar refractivity (Wildman–Crippen MR) is 118 cm³/mol. The monoisotopic (exact) mass is 430 g/mol. The van der Waals surface area contributed by atoms with Gasteiger partial charge in [-0.15, -0.1) is 0 Å². The van der Waals surface area contributed by atoms with Gasteiger partial charge in [0.05, 0.1) is 12.0 Å². The minimum Gasteiger partial charge on any atom is -0.497 e. The Morgan fingerprint density at radius 3 is 2.17 bits per heavy atom. The van der Waals surface area contributed by atoms with Crippen LogP contribution in [0.4, 0.5) is 5.69 Å². The van der Waals surface area contributed by atoms with Crippen LogP contribution in [0.2, 0.25) is 0 Å². The predicted octanol–water partition coefficient (Wildman–Crippen LogP) is 4.08. The highest BCUT2D eigenvalue weighted by Crippen LogP contribution is 2.41. The number of sulfonamides is 1. The Morgan fingerprint density at radius 1 is 1.03 bits per heavy atom. The molecule has 2 aromatic carbocycles. The number of carbonyl (C=O) groups excluding carboxylic acids is 1. The number of ether oxygens (including phenoxy) is 1. The van der Waals surface area contributed by atoms with Crippen molar-refractivity contribution in [3.8, 4) is 5.75 Å². The van der Waals surface area contributed by atoms with Crippen LogP contribution < -0.4 is 14.8 Å². The van der Waals surface area contributed by atoms with E-state index in [1.165, 1.54) is 12.1 Å². The zero-order chi connectivity index (χ0) is 21.8. The van der Waals surface area contributed by atoms with Crippen LogP contribution in [0.5, 0.6) is 5.75 Å². The van der Waals surface area contributed by atoms with Crippen molar-refractivity contribution in [2.75, 3.05) is 19.0 Å². The van der Waals surface area contributed by atoms with E-state index >= 15 is 0 Å². The first-order valence-corrected chi connectivity index (χ1v) is 11.8. The summed E-state index contributed by atoms with van der Waals surface area (Å²) in [5.41, 5.74) is 1.51. The van der Waals surface area contributed by atoms with E-state index in [9.17, 15) is 13.2 Å². The summed E-state index contributed by atoms with van der Waals surface area (Å²) in [6.45, 7) is 3.97. The molecule has 0 heterocycles. The Morgan fingerprint density at radius 2 is 1.63 bits per heavy atom. The van der Waals surface area contributed by atoms with E-state index in [0.29, 0.717) is 12.2 Å². The maximum Gasteiger partial charge on any atom is 0.240 e. The first kappa shape index (κ1) is 22.3. The van der Waals surface area contributed by atoms with Gasteiger partial charge in [0, 0.05) is 23.6 Å². The Hall–Kier alpha value is -2.38. The maximum atomic E-state index is 12.9. The van der Waals surface area contributed by atoms with Gasteiger partial charge < -0.3 is 10.1 Å². The molecule has 0 atom stereocenters. The van der Waals surface area contributed by atoms with Gasteiger partial charge in [-0.3, -0.25) is 4.79 Å². The van der Waals surface area contributed by atoms with Crippen molar-refractivity contribution in [2.24, 2.45) is 5.92 Å². The normalized spacial score (nSPS) is 15.9. The molecule has 0 saturated heterocycles. The molecule has 162 valence electrons. The standard InChI is InChI=1S/C23H30N2O4S/c1-17(2)22(26)25-19-8-12-21(13-9-19)30(27,28)24-16-23(14-4-5-15-23)18-6-10-20(29-3)11-7-18/h6-13,17,24H,4-5,14-16H2,1-3H3,(H,25,26). The lowest BCUT2D eigenvalue weighted by molar-refractivity contribution is -0.118. The lowest BCUT2D eigenvalue weighted by Crippen LogP contribution is -2.39. The van der Waals surface area contributed by atoms with Crippen molar-refractivity contribution < 1.29 is 17.9 Å². The van der Waals surface area contributed by atoms with Crippen molar-refractivity contribution in [2.45, 2.75) is 49.8 Å². The number of hydrogen-bond donors (Lipinski definition) is 2. The second-order valence-electron chi connectivity index (χ2n) is 8.21. The van der Waals surface area contributed by atoms with Crippen LogP contribution in [-0.2, 0) is 20.2 Å². The first-order valence-electron chi connectivity index (χ1n) is 10.3. The van der Waals surface area contributed by atoms with Crippen LogP contribution in [0.1, 0.15) is 45.1 Å². The summed E-state index contributed by atoms with van der Waals surface area (Å²) in [5.74, 6) is 0.541. The second-order valence-corrected chi connectivity index (χ2v) is 9.98. The zero-order valence-corrected chi connectivity index (χ0v) is 18.6. The van der Waals surface area contributed by atoms with E-state index in [1.807, 2.05) is 24.3 Å². The molecule has 0 spiro atoms. The molecule has 1 fully saturated rings. The fourth-order valence-electron chi connectivity index (χ4n) is 3.88. The number of methoxy groups -OCH3 is 1. The first-order chi connectivity index (χ1) is 14.3. The summed E-state index contributed by atoms with van der Waals surface area (Å²) in [5, 5.41) is 2.77. The molecule has 0 radical (unpaired) electrons. The number of anilines is 1. The molecule has 0 aromatic heterocycles. The second kappa shape index (κ2) is 9.18.